The Morgan fingerprint density at radius 3 is 2.69 bits per heavy atom. The molecule has 0 unspecified atom stereocenters. The van der Waals surface area contributed by atoms with Crippen molar-refractivity contribution in [2.24, 2.45) is 7.05 Å². The van der Waals surface area contributed by atoms with Gasteiger partial charge < -0.3 is 4.74 Å². The molecule has 0 aliphatic carbocycles. The minimum atomic E-state index is -0.342. The number of halogens is 1. The second-order valence-corrected chi connectivity index (χ2v) is 7.09. The third-order valence-electron chi connectivity index (χ3n) is 5.39. The highest BCUT2D eigenvalue weighted by Crippen LogP contribution is 2.47. The van der Waals surface area contributed by atoms with E-state index in [0.29, 0.717) is 11.4 Å². The summed E-state index contributed by atoms with van der Waals surface area (Å²) in [5.74, 6) is 0.901. The molecule has 128 valence electrons. The van der Waals surface area contributed by atoms with Crippen LogP contribution in [0.5, 0.6) is 11.6 Å². The lowest BCUT2D eigenvalue weighted by Crippen LogP contribution is -2.34. The summed E-state index contributed by atoms with van der Waals surface area (Å²) in [6.45, 7) is 6.30. The van der Waals surface area contributed by atoms with Gasteiger partial charge in [-0.25, -0.2) is 4.39 Å². The molecule has 4 heteroatoms. The van der Waals surface area contributed by atoms with E-state index in [-0.39, 0.29) is 5.82 Å². The maximum Gasteiger partial charge on any atom is 0.295 e. The Labute approximate surface area is 150 Å². The Hall–Kier alpha value is -3.01. The van der Waals surface area contributed by atoms with Gasteiger partial charge in [0, 0.05) is 11.5 Å². The molecule has 0 amide bonds. The molecule has 0 N–H and O–H groups in total. The molecule has 0 saturated carbocycles. The summed E-state index contributed by atoms with van der Waals surface area (Å²) in [5, 5.41) is 2.25. The van der Waals surface area contributed by atoms with Crippen molar-refractivity contribution < 1.29 is 13.7 Å². The molecule has 0 atom stereocenters. The number of aromatic nitrogens is 2. The van der Waals surface area contributed by atoms with Crippen molar-refractivity contribution in [1.29, 1.82) is 0 Å². The lowest BCUT2D eigenvalue weighted by Gasteiger charge is -2.22. The van der Waals surface area contributed by atoms with Crippen LogP contribution in [-0.2, 0) is 7.05 Å². The maximum absolute atomic E-state index is 14.3. The molecule has 26 heavy (non-hydrogen) atoms. The van der Waals surface area contributed by atoms with Crippen LogP contribution >= 0.6 is 0 Å². The van der Waals surface area contributed by atoms with Crippen molar-refractivity contribution in [2.75, 3.05) is 0 Å². The summed E-state index contributed by atoms with van der Waals surface area (Å²) in [7, 11) is 1.94. The molecule has 1 aromatic heterocycles. The van der Waals surface area contributed by atoms with Gasteiger partial charge in [-0.05, 0) is 55.0 Å². The Bertz CT molecular complexity index is 1260. The molecule has 0 spiro atoms. The molecule has 0 fully saturated rings. The van der Waals surface area contributed by atoms with Crippen LogP contribution in [0, 0.1) is 26.6 Å². The SMILES string of the molecule is Cc1cc2c3c(c(C)c(C)cc3c1)-c1c(nc3c(F)cccc3[n+]1C)O2. The minimum absolute atomic E-state index is 0.325. The van der Waals surface area contributed by atoms with Gasteiger partial charge in [0.05, 0.1) is 5.56 Å². The van der Waals surface area contributed by atoms with E-state index in [0.717, 1.165) is 38.9 Å². The van der Waals surface area contributed by atoms with Gasteiger partial charge in [0.25, 0.3) is 11.6 Å². The minimum Gasteiger partial charge on any atom is -0.433 e. The van der Waals surface area contributed by atoms with Crippen LogP contribution < -0.4 is 9.30 Å². The lowest BCUT2D eigenvalue weighted by atomic mass is 9.90. The highest BCUT2D eigenvalue weighted by atomic mass is 19.1. The number of hydrogen-bond acceptors (Lipinski definition) is 2. The van der Waals surface area contributed by atoms with E-state index in [1.807, 2.05) is 23.7 Å². The van der Waals surface area contributed by atoms with Gasteiger partial charge in [-0.1, -0.05) is 18.2 Å². The van der Waals surface area contributed by atoms with E-state index in [1.165, 1.54) is 17.2 Å². The van der Waals surface area contributed by atoms with Gasteiger partial charge in [0.2, 0.25) is 5.52 Å². The fourth-order valence-electron chi connectivity index (χ4n) is 4.02. The van der Waals surface area contributed by atoms with E-state index in [1.54, 1.807) is 6.07 Å². The molecule has 0 bridgehead atoms. The van der Waals surface area contributed by atoms with E-state index in [2.05, 4.69) is 37.9 Å². The van der Waals surface area contributed by atoms with Crippen molar-refractivity contribution in [2.45, 2.75) is 20.8 Å². The first-order valence-corrected chi connectivity index (χ1v) is 8.66. The lowest BCUT2D eigenvalue weighted by molar-refractivity contribution is -0.634. The van der Waals surface area contributed by atoms with Crippen molar-refractivity contribution in [3.8, 4) is 22.9 Å². The zero-order valence-electron chi connectivity index (χ0n) is 15.1. The molecule has 5 rings (SSSR count). The first kappa shape index (κ1) is 15.3. The number of hydrogen-bond donors (Lipinski definition) is 0. The summed E-state index contributed by atoms with van der Waals surface area (Å²) < 4.78 is 22.5. The summed E-state index contributed by atoms with van der Waals surface area (Å²) in [6.07, 6.45) is 0. The van der Waals surface area contributed by atoms with Gasteiger partial charge >= 0.3 is 0 Å². The standard InChI is InChI=1S/C22H18FN2O/c1-11-8-14-10-12(2)13(3)18-19(14)17(9-11)26-22-21(18)25(4)16-7-5-6-15(23)20(16)24-22/h5-10H,1-4H3/q+1. The zero-order chi connectivity index (χ0) is 18.2. The summed E-state index contributed by atoms with van der Waals surface area (Å²) in [5.41, 5.74) is 6.63. The van der Waals surface area contributed by atoms with Crippen LogP contribution in [0.2, 0.25) is 0 Å². The number of nitrogens with zero attached hydrogens (tertiary/aromatic N) is 2. The summed E-state index contributed by atoms with van der Waals surface area (Å²) >= 11 is 0. The van der Waals surface area contributed by atoms with Crippen molar-refractivity contribution >= 4 is 21.8 Å². The summed E-state index contributed by atoms with van der Waals surface area (Å²) in [4.78, 5) is 4.54. The third-order valence-corrected chi connectivity index (χ3v) is 5.39. The molecule has 1 aliphatic rings. The van der Waals surface area contributed by atoms with Gasteiger partial charge in [-0.2, -0.15) is 9.55 Å². The van der Waals surface area contributed by atoms with Crippen LogP contribution in [0.3, 0.4) is 0 Å². The number of para-hydroxylation sites is 1. The molecular weight excluding hydrogens is 327 g/mol. The zero-order valence-corrected chi connectivity index (χ0v) is 15.1. The van der Waals surface area contributed by atoms with E-state index >= 15 is 0 Å². The Morgan fingerprint density at radius 1 is 1.08 bits per heavy atom. The van der Waals surface area contributed by atoms with Crippen LogP contribution in [0.4, 0.5) is 4.39 Å². The normalized spacial score (nSPS) is 12.3. The van der Waals surface area contributed by atoms with Crippen molar-refractivity contribution in [3.05, 3.63) is 58.9 Å². The average Bonchev–Trinajstić information content (AvgIpc) is 2.59. The fraction of sp³-hybridized carbons (Fsp3) is 0.182. The Balaban J connectivity index is 2.03. The van der Waals surface area contributed by atoms with Crippen LogP contribution in [0.25, 0.3) is 33.1 Å². The topological polar surface area (TPSA) is 26.0 Å². The van der Waals surface area contributed by atoms with E-state index in [4.69, 9.17) is 4.74 Å². The maximum atomic E-state index is 14.3. The van der Waals surface area contributed by atoms with Crippen LogP contribution in [0.1, 0.15) is 16.7 Å². The molecule has 3 nitrogen and oxygen atoms in total. The molecule has 3 aromatic carbocycles. The predicted molar refractivity (Wildman–Crippen MR) is 100 cm³/mol. The quantitative estimate of drug-likeness (QED) is 0.367. The molecular formula is C22H18FN2O+. The van der Waals surface area contributed by atoms with Gasteiger partial charge in [-0.15, -0.1) is 0 Å². The average molecular weight is 345 g/mol. The molecule has 1 aliphatic heterocycles. The first-order chi connectivity index (χ1) is 12.5. The number of benzene rings is 3. The first-order valence-electron chi connectivity index (χ1n) is 8.66. The number of aryl methyl sites for hydroxylation is 3. The van der Waals surface area contributed by atoms with Gasteiger partial charge in [0.1, 0.15) is 12.8 Å². The predicted octanol–water partition coefficient (Wildman–Crippen LogP) is 5.05. The Kier molecular flexibility index (Phi) is 2.94. The molecule has 2 heterocycles. The van der Waals surface area contributed by atoms with E-state index < -0.39 is 0 Å². The van der Waals surface area contributed by atoms with E-state index in [9.17, 15) is 4.39 Å². The number of fused-ring (bicyclic) bond motifs is 3. The second-order valence-electron chi connectivity index (χ2n) is 7.09. The molecule has 0 radical (unpaired) electrons. The highest BCUT2D eigenvalue weighted by Gasteiger charge is 2.33. The number of ether oxygens (including phenoxy) is 1. The monoisotopic (exact) mass is 345 g/mol. The fourth-order valence-corrected chi connectivity index (χ4v) is 4.02. The number of rotatable bonds is 0. The van der Waals surface area contributed by atoms with Crippen LogP contribution in [-0.4, -0.2) is 4.98 Å². The van der Waals surface area contributed by atoms with Gasteiger partial charge in [0.15, 0.2) is 11.3 Å². The summed E-state index contributed by atoms with van der Waals surface area (Å²) in [6, 6.07) is 11.4. The molecule has 0 saturated heterocycles. The molecule has 4 aromatic rings. The third kappa shape index (κ3) is 1.87. The second kappa shape index (κ2) is 5.01. The highest BCUT2D eigenvalue weighted by molar-refractivity contribution is 6.05. The largest absolute Gasteiger partial charge is 0.433 e. The van der Waals surface area contributed by atoms with Crippen molar-refractivity contribution in [3.63, 3.8) is 0 Å². The Morgan fingerprint density at radius 2 is 1.88 bits per heavy atom. The van der Waals surface area contributed by atoms with Crippen molar-refractivity contribution in [1.82, 2.24) is 4.98 Å². The smallest absolute Gasteiger partial charge is 0.295 e. The van der Waals surface area contributed by atoms with Crippen LogP contribution in [0.15, 0.2) is 36.4 Å². The van der Waals surface area contributed by atoms with Gasteiger partial charge in [-0.3, -0.25) is 0 Å².